The molecule has 11 heteroatoms. The van der Waals surface area contributed by atoms with Crippen molar-refractivity contribution in [2.45, 2.75) is 40.3 Å². The Balaban J connectivity index is 1.43. The number of anilines is 1. The first kappa shape index (κ1) is 28.5. The van der Waals surface area contributed by atoms with Gasteiger partial charge in [0.15, 0.2) is 5.78 Å². The number of hydrogen-bond donors (Lipinski definition) is 0. The summed E-state index contributed by atoms with van der Waals surface area (Å²) in [7, 11) is 1.86. The molecule has 0 radical (unpaired) electrons. The van der Waals surface area contributed by atoms with Gasteiger partial charge in [-0.25, -0.2) is 4.68 Å². The highest BCUT2D eigenvalue weighted by Gasteiger charge is 2.35. The number of carbonyl (C=O) groups excluding carboxylic acids is 1. The van der Waals surface area contributed by atoms with Crippen molar-refractivity contribution in [3.8, 4) is 16.9 Å². The van der Waals surface area contributed by atoms with Gasteiger partial charge in [-0.15, -0.1) is 5.10 Å². The van der Waals surface area contributed by atoms with E-state index in [1.54, 1.807) is 27.8 Å². The van der Waals surface area contributed by atoms with Crippen LogP contribution in [-0.2, 0) is 19.6 Å². The quantitative estimate of drug-likeness (QED) is 0.288. The molecule has 216 valence electrons. The van der Waals surface area contributed by atoms with Gasteiger partial charge < -0.3 is 9.80 Å². The van der Waals surface area contributed by atoms with Crippen LogP contribution in [-0.4, -0.2) is 68.2 Å². The highest BCUT2D eigenvalue weighted by Crippen LogP contribution is 2.38. The summed E-state index contributed by atoms with van der Waals surface area (Å²) >= 11 is 0. The summed E-state index contributed by atoms with van der Waals surface area (Å²) in [6, 6.07) is 8.17. The Bertz CT molecular complexity index is 1580. The summed E-state index contributed by atoms with van der Waals surface area (Å²) in [5.41, 5.74) is 4.77. The van der Waals surface area contributed by atoms with E-state index in [1.807, 2.05) is 44.0 Å². The number of halogens is 3. The zero-order chi connectivity index (χ0) is 29.5. The van der Waals surface area contributed by atoms with Gasteiger partial charge in [-0.05, 0) is 62.2 Å². The van der Waals surface area contributed by atoms with Crippen molar-refractivity contribution in [1.82, 2.24) is 29.7 Å². The minimum Gasteiger partial charge on any atom is -0.369 e. The lowest BCUT2D eigenvalue weighted by Gasteiger charge is -2.37. The summed E-state index contributed by atoms with van der Waals surface area (Å²) in [5, 5.41) is 12.9. The molecule has 1 saturated heterocycles. The van der Waals surface area contributed by atoms with Gasteiger partial charge in [-0.1, -0.05) is 24.3 Å². The lowest BCUT2D eigenvalue weighted by Crippen LogP contribution is -2.46. The first-order valence-corrected chi connectivity index (χ1v) is 13.7. The molecule has 0 saturated carbocycles. The molecule has 0 aliphatic carbocycles. The number of benzene rings is 2. The minimum atomic E-state index is -4.56. The molecule has 2 aromatic carbocycles. The molecule has 1 aliphatic heterocycles. The molecule has 0 bridgehead atoms. The fraction of sp³-hybridized carbons (Fsp3) is 0.400. The lowest BCUT2D eigenvalue weighted by atomic mass is 9.95. The monoisotopic (exact) mass is 565 g/mol. The average molecular weight is 566 g/mol. The van der Waals surface area contributed by atoms with E-state index in [9.17, 15) is 18.0 Å². The lowest BCUT2D eigenvalue weighted by molar-refractivity contribution is -0.138. The van der Waals surface area contributed by atoms with Gasteiger partial charge in [0, 0.05) is 62.2 Å². The van der Waals surface area contributed by atoms with Crippen molar-refractivity contribution in [3.05, 3.63) is 76.2 Å². The second-order valence-electron chi connectivity index (χ2n) is 10.6. The van der Waals surface area contributed by atoms with Crippen molar-refractivity contribution >= 4 is 11.5 Å². The van der Waals surface area contributed by atoms with Gasteiger partial charge >= 0.3 is 6.18 Å². The number of carbonyl (C=O) groups is 1. The number of aromatic nitrogens is 5. The van der Waals surface area contributed by atoms with Gasteiger partial charge in [0.1, 0.15) is 5.69 Å². The van der Waals surface area contributed by atoms with Gasteiger partial charge in [-0.3, -0.25) is 9.48 Å². The van der Waals surface area contributed by atoms with Crippen LogP contribution in [0, 0.1) is 20.8 Å². The van der Waals surface area contributed by atoms with Crippen molar-refractivity contribution in [3.63, 3.8) is 0 Å². The number of aryl methyl sites for hydroxylation is 2. The molecule has 4 aromatic rings. The van der Waals surface area contributed by atoms with E-state index in [0.29, 0.717) is 30.0 Å². The van der Waals surface area contributed by atoms with Gasteiger partial charge in [0.05, 0.1) is 23.6 Å². The third-order valence-corrected chi connectivity index (χ3v) is 8.06. The Morgan fingerprint density at radius 3 is 2.37 bits per heavy atom. The Morgan fingerprint density at radius 2 is 1.73 bits per heavy atom. The molecule has 0 amide bonds. The standard InChI is InChI=1S/C30H34F3N7O/c1-6-38-9-11-39(12-10-38)28-16-23(15-25(20(28)3)30(31,32)33)29(41)14-22-8-7-19(2)27(13-22)40-18-26(35-36-40)24-17-34-37(5)21(24)4/h7-8,13,15-18H,6,9-12,14H2,1-5H3. The summed E-state index contributed by atoms with van der Waals surface area (Å²) < 4.78 is 45.6. The van der Waals surface area contributed by atoms with Gasteiger partial charge in [0.25, 0.3) is 0 Å². The number of likely N-dealkylation sites (N-methyl/N-ethyl adjacent to an activating group) is 1. The number of Topliss-reactive ketones (excluding diaryl/α,β-unsaturated/α-hetero) is 1. The third-order valence-electron chi connectivity index (χ3n) is 8.06. The van der Waals surface area contributed by atoms with Gasteiger partial charge in [-0.2, -0.15) is 18.3 Å². The van der Waals surface area contributed by atoms with E-state index < -0.39 is 11.7 Å². The zero-order valence-electron chi connectivity index (χ0n) is 24.0. The SMILES string of the molecule is CCN1CCN(c2cc(C(=O)Cc3ccc(C)c(-n4cc(-c5cnn(C)c5C)nn4)c3)cc(C(F)(F)F)c2C)CC1. The third kappa shape index (κ3) is 5.76. The van der Waals surface area contributed by atoms with Crippen LogP contribution < -0.4 is 4.90 Å². The normalized spacial score (nSPS) is 14.6. The van der Waals surface area contributed by atoms with E-state index in [0.717, 1.165) is 48.2 Å². The van der Waals surface area contributed by atoms with Crippen LogP contribution >= 0.6 is 0 Å². The van der Waals surface area contributed by atoms with Crippen LogP contribution in [0.1, 0.15) is 45.2 Å². The first-order valence-electron chi connectivity index (χ1n) is 13.7. The maximum absolute atomic E-state index is 14.1. The first-order chi connectivity index (χ1) is 19.5. The van der Waals surface area contributed by atoms with E-state index >= 15 is 0 Å². The Hall–Kier alpha value is -3.99. The predicted octanol–water partition coefficient (Wildman–Crippen LogP) is 5.18. The summed E-state index contributed by atoms with van der Waals surface area (Å²) in [6.07, 6.45) is -1.06. The van der Waals surface area contributed by atoms with E-state index in [1.165, 1.54) is 6.92 Å². The predicted molar refractivity (Wildman–Crippen MR) is 152 cm³/mol. The van der Waals surface area contributed by atoms with Crippen molar-refractivity contribution in [2.24, 2.45) is 7.05 Å². The largest absolute Gasteiger partial charge is 0.416 e. The summed E-state index contributed by atoms with van der Waals surface area (Å²) in [6.45, 7) is 11.1. The number of hydrogen-bond acceptors (Lipinski definition) is 6. The minimum absolute atomic E-state index is 0.0417. The van der Waals surface area contributed by atoms with E-state index in [-0.39, 0.29) is 23.3 Å². The zero-order valence-corrected chi connectivity index (χ0v) is 24.0. The van der Waals surface area contributed by atoms with Crippen molar-refractivity contribution in [2.75, 3.05) is 37.6 Å². The molecule has 3 heterocycles. The second-order valence-corrected chi connectivity index (χ2v) is 10.6. The highest BCUT2D eigenvalue weighted by molar-refractivity contribution is 5.99. The Kier molecular flexibility index (Phi) is 7.74. The molecule has 0 N–H and O–H groups in total. The summed E-state index contributed by atoms with van der Waals surface area (Å²) in [4.78, 5) is 17.7. The van der Waals surface area contributed by atoms with Crippen LogP contribution in [0.15, 0.2) is 42.7 Å². The van der Waals surface area contributed by atoms with E-state index in [4.69, 9.17) is 0 Å². The van der Waals surface area contributed by atoms with Crippen LogP contribution in [0.2, 0.25) is 0 Å². The number of rotatable bonds is 7. The van der Waals surface area contributed by atoms with Crippen molar-refractivity contribution < 1.29 is 18.0 Å². The highest BCUT2D eigenvalue weighted by atomic mass is 19.4. The molecule has 1 aliphatic rings. The topological polar surface area (TPSA) is 72.1 Å². The fourth-order valence-corrected chi connectivity index (χ4v) is 5.34. The molecule has 2 aromatic heterocycles. The maximum Gasteiger partial charge on any atom is 0.416 e. The molecule has 41 heavy (non-hydrogen) atoms. The number of piperazine rings is 1. The summed E-state index contributed by atoms with van der Waals surface area (Å²) in [5.74, 6) is -0.371. The average Bonchev–Trinajstić information content (AvgIpc) is 3.55. The number of alkyl halides is 3. The Morgan fingerprint density at radius 1 is 1.00 bits per heavy atom. The number of nitrogens with zero attached hydrogens (tertiary/aromatic N) is 7. The van der Waals surface area contributed by atoms with Crippen LogP contribution in [0.5, 0.6) is 0 Å². The van der Waals surface area contributed by atoms with Crippen molar-refractivity contribution in [1.29, 1.82) is 0 Å². The molecule has 0 unspecified atom stereocenters. The van der Waals surface area contributed by atoms with E-state index in [2.05, 4.69) is 27.2 Å². The Labute approximate surface area is 237 Å². The van der Waals surface area contributed by atoms with Gasteiger partial charge in [0.2, 0.25) is 0 Å². The van der Waals surface area contributed by atoms with Crippen LogP contribution in [0.25, 0.3) is 16.9 Å². The molecule has 0 atom stereocenters. The molecule has 5 rings (SSSR count). The van der Waals surface area contributed by atoms with Crippen LogP contribution in [0.4, 0.5) is 18.9 Å². The molecule has 1 fully saturated rings. The smallest absolute Gasteiger partial charge is 0.369 e. The fourth-order valence-electron chi connectivity index (χ4n) is 5.34. The molecule has 8 nitrogen and oxygen atoms in total. The second kappa shape index (κ2) is 11.1. The molecule has 0 spiro atoms. The number of ketones is 1. The molecular formula is C30H34F3N7O. The van der Waals surface area contributed by atoms with Crippen LogP contribution in [0.3, 0.4) is 0 Å². The molecular weight excluding hydrogens is 531 g/mol. The maximum atomic E-state index is 14.1.